The summed E-state index contributed by atoms with van der Waals surface area (Å²) in [6, 6.07) is 10.0. The number of anilines is 2. The van der Waals surface area contributed by atoms with Crippen LogP contribution in [0.4, 0.5) is 11.4 Å². The molecule has 1 aliphatic rings. The Morgan fingerprint density at radius 2 is 1.92 bits per heavy atom. The van der Waals surface area contributed by atoms with Crippen LogP contribution in [0.2, 0.25) is 5.02 Å². The number of hydrogen-bond donors (Lipinski definition) is 3. The molecule has 1 aliphatic heterocycles. The lowest BCUT2D eigenvalue weighted by atomic mass is 10.1. The second-order valence-electron chi connectivity index (χ2n) is 5.65. The SMILES string of the molecule is Cc1ccc(NC(=O)C2Nc3ccc(Cl)cc3S(=O)(=O)N2)c(C)c1. The largest absolute Gasteiger partial charge is 0.360 e. The number of benzene rings is 2. The first-order valence-corrected chi connectivity index (χ1v) is 9.09. The first-order valence-electron chi connectivity index (χ1n) is 7.23. The van der Waals surface area contributed by atoms with Crippen molar-refractivity contribution in [2.45, 2.75) is 24.9 Å². The lowest BCUT2D eigenvalue weighted by molar-refractivity contribution is -0.117. The number of fused-ring (bicyclic) bond motifs is 1. The molecular weight excluding hydrogens is 350 g/mol. The standard InChI is InChI=1S/C16H16ClN3O3S/c1-9-3-5-12(10(2)7-9)19-16(21)15-18-13-6-4-11(17)8-14(13)24(22,23)20-15/h3-8,15,18,20H,1-2H3,(H,19,21). The fraction of sp³-hybridized carbons (Fsp3) is 0.188. The van der Waals surface area contributed by atoms with Crippen molar-refractivity contribution >= 4 is 38.9 Å². The fourth-order valence-electron chi connectivity index (χ4n) is 2.52. The Morgan fingerprint density at radius 3 is 2.62 bits per heavy atom. The van der Waals surface area contributed by atoms with E-state index in [9.17, 15) is 13.2 Å². The highest BCUT2D eigenvalue weighted by Crippen LogP contribution is 2.29. The second-order valence-corrected chi connectivity index (χ2v) is 7.77. The van der Waals surface area contributed by atoms with Crippen molar-refractivity contribution in [1.29, 1.82) is 0 Å². The normalized spacial score (nSPS) is 18.4. The molecule has 1 unspecified atom stereocenters. The van der Waals surface area contributed by atoms with E-state index in [1.165, 1.54) is 12.1 Å². The Morgan fingerprint density at radius 1 is 1.17 bits per heavy atom. The number of halogens is 1. The van der Waals surface area contributed by atoms with Gasteiger partial charge in [0, 0.05) is 10.7 Å². The molecule has 1 heterocycles. The van der Waals surface area contributed by atoms with E-state index in [2.05, 4.69) is 15.4 Å². The highest BCUT2D eigenvalue weighted by molar-refractivity contribution is 7.89. The molecule has 0 spiro atoms. The summed E-state index contributed by atoms with van der Waals surface area (Å²) in [5.41, 5.74) is 2.94. The van der Waals surface area contributed by atoms with Gasteiger partial charge in [-0.2, -0.15) is 4.72 Å². The van der Waals surface area contributed by atoms with Crippen LogP contribution < -0.4 is 15.4 Å². The van der Waals surface area contributed by atoms with Gasteiger partial charge in [0.1, 0.15) is 4.90 Å². The molecule has 0 saturated carbocycles. The summed E-state index contributed by atoms with van der Waals surface area (Å²) < 4.78 is 26.9. The van der Waals surface area contributed by atoms with Gasteiger partial charge in [0.15, 0.2) is 6.17 Å². The van der Waals surface area contributed by atoms with Gasteiger partial charge in [0.25, 0.3) is 5.91 Å². The van der Waals surface area contributed by atoms with Crippen molar-refractivity contribution in [3.63, 3.8) is 0 Å². The van der Waals surface area contributed by atoms with E-state index in [1.807, 2.05) is 26.0 Å². The molecular formula is C16H16ClN3O3S. The Kier molecular flexibility index (Phi) is 4.25. The zero-order chi connectivity index (χ0) is 17.5. The maximum absolute atomic E-state index is 12.4. The van der Waals surface area contributed by atoms with E-state index in [4.69, 9.17) is 11.6 Å². The van der Waals surface area contributed by atoms with Gasteiger partial charge in [-0.1, -0.05) is 29.3 Å². The van der Waals surface area contributed by atoms with Crippen LogP contribution in [0, 0.1) is 13.8 Å². The lowest BCUT2D eigenvalue weighted by Gasteiger charge is -2.27. The molecule has 8 heteroatoms. The van der Waals surface area contributed by atoms with Gasteiger partial charge >= 0.3 is 0 Å². The summed E-state index contributed by atoms with van der Waals surface area (Å²) in [5, 5.41) is 5.91. The average Bonchev–Trinajstić information content (AvgIpc) is 2.50. The van der Waals surface area contributed by atoms with Crippen LogP contribution in [0.25, 0.3) is 0 Å². The monoisotopic (exact) mass is 365 g/mol. The lowest BCUT2D eigenvalue weighted by Crippen LogP contribution is -2.51. The fourth-order valence-corrected chi connectivity index (χ4v) is 4.06. The van der Waals surface area contributed by atoms with Crippen molar-refractivity contribution in [3.05, 3.63) is 52.5 Å². The summed E-state index contributed by atoms with van der Waals surface area (Å²) in [5.74, 6) is -0.494. The smallest absolute Gasteiger partial charge is 0.262 e. The minimum Gasteiger partial charge on any atom is -0.360 e. The molecule has 0 aromatic heterocycles. The molecule has 126 valence electrons. The number of carbonyl (C=O) groups excluding carboxylic acids is 1. The molecule has 2 aromatic carbocycles. The maximum Gasteiger partial charge on any atom is 0.262 e. The van der Waals surface area contributed by atoms with E-state index in [0.717, 1.165) is 11.1 Å². The number of hydrogen-bond acceptors (Lipinski definition) is 4. The Hall–Kier alpha value is -2.09. The molecule has 1 amide bonds. The highest BCUT2D eigenvalue weighted by Gasteiger charge is 2.33. The van der Waals surface area contributed by atoms with Crippen LogP contribution in [-0.2, 0) is 14.8 Å². The van der Waals surface area contributed by atoms with Crippen molar-refractivity contribution in [2.75, 3.05) is 10.6 Å². The van der Waals surface area contributed by atoms with E-state index in [1.54, 1.807) is 12.1 Å². The van der Waals surface area contributed by atoms with Crippen LogP contribution >= 0.6 is 11.6 Å². The van der Waals surface area contributed by atoms with Gasteiger partial charge < -0.3 is 10.6 Å². The van der Waals surface area contributed by atoms with Crippen LogP contribution in [0.3, 0.4) is 0 Å². The molecule has 3 rings (SSSR count). The first kappa shape index (κ1) is 16.8. The number of aryl methyl sites for hydroxylation is 2. The van der Waals surface area contributed by atoms with Crippen LogP contribution in [0.1, 0.15) is 11.1 Å². The topological polar surface area (TPSA) is 87.3 Å². The van der Waals surface area contributed by atoms with Crippen molar-refractivity contribution in [2.24, 2.45) is 0 Å². The number of carbonyl (C=O) groups is 1. The predicted molar refractivity (Wildman–Crippen MR) is 93.7 cm³/mol. The van der Waals surface area contributed by atoms with Crippen molar-refractivity contribution < 1.29 is 13.2 Å². The molecule has 0 aliphatic carbocycles. The van der Waals surface area contributed by atoms with Crippen molar-refractivity contribution in [3.8, 4) is 0 Å². The summed E-state index contributed by atoms with van der Waals surface area (Å²) in [4.78, 5) is 12.5. The van der Waals surface area contributed by atoms with Crippen LogP contribution in [0.15, 0.2) is 41.3 Å². The zero-order valence-electron chi connectivity index (χ0n) is 13.1. The Balaban J connectivity index is 1.86. The van der Waals surface area contributed by atoms with E-state index < -0.39 is 22.1 Å². The minimum atomic E-state index is -3.83. The second kappa shape index (κ2) is 6.08. The third-order valence-corrected chi connectivity index (χ3v) is 5.41. The van der Waals surface area contributed by atoms with Gasteiger partial charge in [-0.15, -0.1) is 0 Å². The third kappa shape index (κ3) is 3.24. The third-order valence-electron chi connectivity index (χ3n) is 3.71. The highest BCUT2D eigenvalue weighted by atomic mass is 35.5. The van der Waals surface area contributed by atoms with E-state index in [-0.39, 0.29) is 4.90 Å². The molecule has 3 N–H and O–H groups in total. The molecule has 0 bridgehead atoms. The number of sulfonamides is 1. The number of amides is 1. The maximum atomic E-state index is 12.4. The molecule has 0 fully saturated rings. The van der Waals surface area contributed by atoms with Crippen LogP contribution in [-0.4, -0.2) is 20.5 Å². The molecule has 2 aromatic rings. The zero-order valence-corrected chi connectivity index (χ0v) is 14.6. The van der Waals surface area contributed by atoms with Gasteiger partial charge in [-0.25, -0.2) is 8.42 Å². The first-order chi connectivity index (χ1) is 11.3. The number of nitrogens with one attached hydrogen (secondary N) is 3. The predicted octanol–water partition coefficient (Wildman–Crippen LogP) is 2.63. The summed E-state index contributed by atoms with van der Waals surface area (Å²) in [7, 11) is -3.83. The van der Waals surface area contributed by atoms with E-state index >= 15 is 0 Å². The summed E-state index contributed by atoms with van der Waals surface area (Å²) in [6.07, 6.45) is -1.11. The Bertz CT molecular complexity index is 928. The van der Waals surface area contributed by atoms with Crippen molar-refractivity contribution in [1.82, 2.24) is 4.72 Å². The minimum absolute atomic E-state index is 0.0190. The van der Waals surface area contributed by atoms with Gasteiger partial charge in [0.05, 0.1) is 5.69 Å². The number of rotatable bonds is 2. The van der Waals surface area contributed by atoms with Gasteiger partial charge in [0.2, 0.25) is 10.0 Å². The summed E-state index contributed by atoms with van der Waals surface area (Å²) >= 11 is 5.84. The molecule has 0 saturated heterocycles. The van der Waals surface area contributed by atoms with Gasteiger partial charge in [-0.05, 0) is 43.7 Å². The summed E-state index contributed by atoms with van der Waals surface area (Å²) in [6.45, 7) is 3.83. The molecule has 6 nitrogen and oxygen atoms in total. The van der Waals surface area contributed by atoms with Gasteiger partial charge in [-0.3, -0.25) is 4.79 Å². The van der Waals surface area contributed by atoms with Crippen LogP contribution in [0.5, 0.6) is 0 Å². The molecule has 1 atom stereocenters. The van der Waals surface area contributed by atoms with E-state index in [0.29, 0.717) is 16.4 Å². The quantitative estimate of drug-likeness (QED) is 0.763. The Labute approximate surface area is 145 Å². The molecule has 24 heavy (non-hydrogen) atoms. The molecule has 0 radical (unpaired) electrons. The average molecular weight is 366 g/mol.